The molecule has 2 saturated carbocycles. The Morgan fingerprint density at radius 3 is 1.25 bits per heavy atom. The normalized spacial score (nSPS) is 16.8. The molecule has 0 bridgehead atoms. The number of terminal acetylenes is 1. The number of aryl methyl sites for hydroxylation is 2. The van der Waals surface area contributed by atoms with Crippen molar-refractivity contribution in [2.24, 2.45) is 0 Å². The van der Waals surface area contributed by atoms with Gasteiger partial charge in [0.15, 0.2) is 0 Å². The van der Waals surface area contributed by atoms with E-state index in [1.54, 1.807) is 0 Å². The molecule has 4 fully saturated rings. The molecule has 2 aliphatic carbocycles. The number of nitrogens with one attached hydrogen (secondary N) is 2. The van der Waals surface area contributed by atoms with Crippen molar-refractivity contribution in [1.82, 2.24) is 20.4 Å². The predicted molar refractivity (Wildman–Crippen MR) is 253 cm³/mol. The molecular formula is C55H63N5O4. The molecule has 8 rings (SSSR count). The second-order valence-corrected chi connectivity index (χ2v) is 18.1. The number of hydrogen-bond donors (Lipinski definition) is 2. The van der Waals surface area contributed by atoms with Crippen LogP contribution in [0.3, 0.4) is 0 Å². The van der Waals surface area contributed by atoms with Crippen molar-refractivity contribution in [3.05, 3.63) is 140 Å². The van der Waals surface area contributed by atoms with Crippen molar-refractivity contribution in [2.75, 3.05) is 39.3 Å². The third-order valence-corrected chi connectivity index (χ3v) is 14.1. The van der Waals surface area contributed by atoms with Gasteiger partial charge in [0.2, 0.25) is 0 Å². The molecule has 0 aromatic heterocycles. The summed E-state index contributed by atoms with van der Waals surface area (Å²) in [6.07, 6.45) is 16.0. The Hall–Kier alpha value is -6.19. The van der Waals surface area contributed by atoms with E-state index in [4.69, 9.17) is 11.7 Å². The third-order valence-electron chi connectivity index (χ3n) is 14.1. The zero-order valence-electron chi connectivity index (χ0n) is 38.1. The van der Waals surface area contributed by atoms with Crippen LogP contribution in [0.4, 0.5) is 0 Å². The Bertz CT molecular complexity index is 2250. The first-order valence-electron chi connectivity index (χ1n) is 23.5. The first-order valence-corrected chi connectivity index (χ1v) is 23.5. The van der Waals surface area contributed by atoms with Crippen LogP contribution in [0.2, 0.25) is 0 Å². The molecule has 9 nitrogen and oxygen atoms in total. The predicted octanol–water partition coefficient (Wildman–Crippen LogP) is 9.92. The molecule has 4 aliphatic rings. The summed E-state index contributed by atoms with van der Waals surface area (Å²) < 4.78 is 0. The van der Waals surface area contributed by atoms with Gasteiger partial charge in [-0.2, -0.15) is 5.26 Å². The molecule has 64 heavy (non-hydrogen) atoms. The molecule has 0 unspecified atom stereocenters. The minimum absolute atomic E-state index is 0.0199. The van der Waals surface area contributed by atoms with E-state index < -0.39 is 0 Å². The van der Waals surface area contributed by atoms with E-state index in [0.29, 0.717) is 77.7 Å². The largest absolute Gasteiger partial charge is 0.352 e. The molecule has 9 heteroatoms. The van der Waals surface area contributed by atoms with Gasteiger partial charge in [0, 0.05) is 67.1 Å². The number of amides is 4. The summed E-state index contributed by atoms with van der Waals surface area (Å²) >= 11 is 0. The van der Waals surface area contributed by atoms with Crippen molar-refractivity contribution in [2.45, 2.75) is 116 Å². The van der Waals surface area contributed by atoms with Gasteiger partial charge in [-0.3, -0.25) is 19.2 Å². The Labute approximate surface area is 380 Å². The quantitative estimate of drug-likeness (QED) is 0.154. The minimum atomic E-state index is -0.0806. The van der Waals surface area contributed by atoms with E-state index >= 15 is 0 Å². The number of likely N-dealkylation sites (tertiary alicyclic amines) is 2. The van der Waals surface area contributed by atoms with Crippen LogP contribution in [0.1, 0.15) is 188 Å². The summed E-state index contributed by atoms with van der Waals surface area (Å²) in [6, 6.07) is 26.0. The van der Waals surface area contributed by atoms with Crippen LogP contribution < -0.4 is 10.6 Å². The van der Waals surface area contributed by atoms with Crippen LogP contribution in [0.15, 0.2) is 72.8 Å². The standard InChI is InChI=1S/C28H32N2O2.C27H31N3O2/c1-4-20-9-11-21(12-10-20)22-13-15-30(16-14-22)28(32)24-18-26(27(31)29-5-2)25(17-19(24)3)23-7-6-8-23;1-3-29-26(31)25-16-23(18(2)15-24(25)22-5-4-6-22)27(32)30-13-11-21(12-14-30)20-9-7-19(17-28)8-10-20/h1,9-12,17-18,22-23H,5-8,13-16H2,2-3H3,(H,29,31);7-10,15-16,21-22H,3-6,11-14H2,1-2H3,(H,29,31). The van der Waals surface area contributed by atoms with Crippen molar-refractivity contribution in [3.8, 4) is 18.4 Å². The lowest BCUT2D eigenvalue weighted by Gasteiger charge is -2.33. The second-order valence-electron chi connectivity index (χ2n) is 18.1. The molecule has 2 heterocycles. The molecule has 4 aromatic rings. The second kappa shape index (κ2) is 21.0. The number of nitriles is 1. The average molecular weight is 858 g/mol. The van der Waals surface area contributed by atoms with Crippen LogP contribution in [-0.4, -0.2) is 72.7 Å². The van der Waals surface area contributed by atoms with E-state index in [0.717, 1.165) is 92.3 Å². The highest BCUT2D eigenvalue weighted by molar-refractivity contribution is 6.03. The molecule has 0 spiro atoms. The van der Waals surface area contributed by atoms with E-state index in [2.05, 4.69) is 46.9 Å². The van der Waals surface area contributed by atoms with Gasteiger partial charge in [-0.15, -0.1) is 6.42 Å². The summed E-state index contributed by atoms with van der Waals surface area (Å²) in [5.74, 6) is 4.28. The molecule has 2 saturated heterocycles. The lowest BCUT2D eigenvalue weighted by Crippen LogP contribution is -2.38. The van der Waals surface area contributed by atoms with Gasteiger partial charge in [-0.1, -0.05) is 55.2 Å². The highest BCUT2D eigenvalue weighted by atomic mass is 16.2. The Balaban J connectivity index is 0.000000191. The van der Waals surface area contributed by atoms with Gasteiger partial charge in [0.25, 0.3) is 23.6 Å². The molecule has 2 aliphatic heterocycles. The number of carbonyl (C=O) groups excluding carboxylic acids is 4. The maximum absolute atomic E-state index is 13.4. The molecule has 0 atom stereocenters. The highest BCUT2D eigenvalue weighted by Gasteiger charge is 2.32. The van der Waals surface area contributed by atoms with Crippen LogP contribution in [0, 0.1) is 37.5 Å². The van der Waals surface area contributed by atoms with Gasteiger partial charge in [-0.05, 0) is 173 Å². The minimum Gasteiger partial charge on any atom is -0.352 e. The number of carbonyl (C=O) groups is 4. The molecule has 4 amide bonds. The third kappa shape index (κ3) is 10.3. The van der Waals surface area contributed by atoms with Gasteiger partial charge in [0.1, 0.15) is 0 Å². The Morgan fingerprint density at radius 2 is 0.938 bits per heavy atom. The topological polar surface area (TPSA) is 123 Å². The summed E-state index contributed by atoms with van der Waals surface area (Å²) in [6.45, 7) is 11.8. The maximum atomic E-state index is 13.4. The van der Waals surface area contributed by atoms with Gasteiger partial charge in [-0.25, -0.2) is 0 Å². The smallest absolute Gasteiger partial charge is 0.254 e. The summed E-state index contributed by atoms with van der Waals surface area (Å²) in [4.78, 5) is 56.2. The van der Waals surface area contributed by atoms with Crippen molar-refractivity contribution in [1.29, 1.82) is 5.26 Å². The summed E-state index contributed by atoms with van der Waals surface area (Å²) in [5, 5.41) is 14.8. The zero-order chi connectivity index (χ0) is 45.3. The van der Waals surface area contributed by atoms with Gasteiger partial charge in [0.05, 0.1) is 11.6 Å². The fourth-order valence-corrected chi connectivity index (χ4v) is 9.79. The SMILES string of the molecule is C#Cc1ccc(C2CCN(C(=O)c3cc(C(=O)NCC)c(C4CCC4)cc3C)CC2)cc1.CCNC(=O)c1cc(C(=O)N2CCC(c3ccc(C#N)cc3)CC2)c(C)cc1C1CCC1. The monoisotopic (exact) mass is 857 g/mol. The van der Waals surface area contributed by atoms with Gasteiger partial charge >= 0.3 is 0 Å². The highest BCUT2D eigenvalue weighted by Crippen LogP contribution is 2.41. The Morgan fingerprint density at radius 1 is 0.562 bits per heavy atom. The average Bonchev–Trinajstić information content (AvgIpc) is 3.28. The fraction of sp³-hybridized carbons (Fsp3) is 0.436. The molecule has 0 radical (unpaired) electrons. The molecular weight excluding hydrogens is 795 g/mol. The lowest BCUT2D eigenvalue weighted by atomic mass is 9.77. The van der Waals surface area contributed by atoms with Crippen LogP contribution in [0.5, 0.6) is 0 Å². The first-order chi connectivity index (χ1) is 31.0. The van der Waals surface area contributed by atoms with Crippen LogP contribution in [0.25, 0.3) is 0 Å². The van der Waals surface area contributed by atoms with E-state index in [1.165, 1.54) is 24.0 Å². The van der Waals surface area contributed by atoms with Crippen molar-refractivity contribution < 1.29 is 19.2 Å². The lowest BCUT2D eigenvalue weighted by molar-refractivity contribution is 0.0704. The Kier molecular flexibility index (Phi) is 15.0. The van der Waals surface area contributed by atoms with Crippen molar-refractivity contribution >= 4 is 23.6 Å². The number of hydrogen-bond acceptors (Lipinski definition) is 5. The number of nitrogens with zero attached hydrogens (tertiary/aromatic N) is 3. The maximum Gasteiger partial charge on any atom is 0.254 e. The molecule has 332 valence electrons. The van der Waals surface area contributed by atoms with E-state index in [9.17, 15) is 19.2 Å². The molecule has 2 N–H and O–H groups in total. The zero-order valence-corrected chi connectivity index (χ0v) is 38.1. The summed E-state index contributed by atoms with van der Waals surface area (Å²) in [5.41, 5.74) is 10.9. The van der Waals surface area contributed by atoms with E-state index in [-0.39, 0.29) is 23.6 Å². The molecule has 4 aromatic carbocycles. The van der Waals surface area contributed by atoms with Gasteiger partial charge < -0.3 is 20.4 Å². The van der Waals surface area contributed by atoms with E-state index in [1.807, 2.05) is 86.0 Å². The number of rotatable bonds is 10. The van der Waals surface area contributed by atoms with Crippen LogP contribution >= 0.6 is 0 Å². The fourth-order valence-electron chi connectivity index (χ4n) is 9.79. The number of piperidine rings is 2. The summed E-state index contributed by atoms with van der Waals surface area (Å²) in [7, 11) is 0. The number of benzene rings is 4. The first kappa shape index (κ1) is 45.8. The van der Waals surface area contributed by atoms with Crippen molar-refractivity contribution in [3.63, 3.8) is 0 Å². The van der Waals surface area contributed by atoms with Crippen LogP contribution in [-0.2, 0) is 0 Å².